The van der Waals surface area contributed by atoms with E-state index in [2.05, 4.69) is 0 Å². The van der Waals surface area contributed by atoms with Crippen molar-refractivity contribution in [2.45, 2.75) is 30.2 Å². The molecule has 1 aliphatic rings. The first-order valence-electron chi connectivity index (χ1n) is 10.0. The summed E-state index contributed by atoms with van der Waals surface area (Å²) in [4.78, 5) is 0. The lowest BCUT2D eigenvalue weighted by molar-refractivity contribution is -0.162. The maximum atomic E-state index is 10.4. The molecular formula is C25H26O5. The number of ether oxygens (including phenoxy) is 3. The van der Waals surface area contributed by atoms with Gasteiger partial charge in [-0.1, -0.05) is 91.0 Å². The van der Waals surface area contributed by atoms with E-state index in [4.69, 9.17) is 14.2 Å². The highest BCUT2D eigenvalue weighted by atomic mass is 16.7. The second kappa shape index (κ2) is 9.08. The summed E-state index contributed by atoms with van der Waals surface area (Å²) in [7, 11) is 1.44. The number of aliphatic hydroxyl groups excluding tert-OH is 2. The van der Waals surface area contributed by atoms with Gasteiger partial charge in [0.15, 0.2) is 6.29 Å². The van der Waals surface area contributed by atoms with Crippen molar-refractivity contribution >= 4 is 0 Å². The Morgan fingerprint density at radius 1 is 0.733 bits per heavy atom. The zero-order valence-electron chi connectivity index (χ0n) is 16.8. The van der Waals surface area contributed by atoms with E-state index in [0.717, 1.165) is 16.7 Å². The van der Waals surface area contributed by atoms with Crippen LogP contribution in [-0.2, 0) is 19.8 Å². The van der Waals surface area contributed by atoms with Gasteiger partial charge in [-0.05, 0) is 16.7 Å². The maximum Gasteiger partial charge on any atom is 0.186 e. The van der Waals surface area contributed by atoms with Crippen LogP contribution in [0.3, 0.4) is 0 Å². The van der Waals surface area contributed by atoms with E-state index < -0.39 is 30.2 Å². The Balaban J connectivity index is 1.78. The van der Waals surface area contributed by atoms with Crippen molar-refractivity contribution in [3.05, 3.63) is 108 Å². The van der Waals surface area contributed by atoms with Gasteiger partial charge in [0, 0.05) is 7.11 Å². The summed E-state index contributed by atoms with van der Waals surface area (Å²) in [6, 6.07) is 29.9. The molecule has 4 atom stereocenters. The highest BCUT2D eigenvalue weighted by molar-refractivity contribution is 5.47. The number of benzene rings is 3. The molecule has 1 fully saturated rings. The predicted molar refractivity (Wildman–Crippen MR) is 113 cm³/mol. The fourth-order valence-corrected chi connectivity index (χ4v) is 4.02. The molecule has 4 rings (SSSR count). The number of methoxy groups -OCH3 is 1. The lowest BCUT2D eigenvalue weighted by atomic mass is 9.80. The molecule has 5 heteroatoms. The van der Waals surface area contributed by atoms with Crippen molar-refractivity contribution in [1.82, 2.24) is 0 Å². The zero-order valence-corrected chi connectivity index (χ0v) is 16.8. The van der Waals surface area contributed by atoms with Crippen LogP contribution in [0.1, 0.15) is 16.7 Å². The molecule has 0 radical (unpaired) electrons. The zero-order chi connectivity index (χ0) is 21.0. The van der Waals surface area contributed by atoms with Crippen LogP contribution >= 0.6 is 0 Å². The van der Waals surface area contributed by atoms with Crippen LogP contribution in [0, 0.1) is 0 Å². The quantitative estimate of drug-likeness (QED) is 0.590. The molecule has 5 nitrogen and oxygen atoms in total. The molecule has 0 aromatic heterocycles. The summed E-state index contributed by atoms with van der Waals surface area (Å²) in [6.45, 7) is 0.0662. The van der Waals surface area contributed by atoms with Gasteiger partial charge in [-0.3, -0.25) is 0 Å². The molecule has 0 amide bonds. The van der Waals surface area contributed by atoms with Gasteiger partial charge in [0.2, 0.25) is 0 Å². The average molecular weight is 406 g/mol. The third kappa shape index (κ3) is 3.78. The van der Waals surface area contributed by atoms with Gasteiger partial charge in [-0.25, -0.2) is 0 Å². The van der Waals surface area contributed by atoms with E-state index in [-0.39, 0.29) is 6.61 Å². The molecule has 1 aliphatic heterocycles. The molecule has 30 heavy (non-hydrogen) atoms. The molecular weight excluding hydrogens is 380 g/mol. The molecule has 0 saturated carbocycles. The summed E-state index contributed by atoms with van der Waals surface area (Å²) in [6.07, 6.45) is -3.83. The van der Waals surface area contributed by atoms with E-state index in [0.29, 0.717) is 0 Å². The predicted octanol–water partition coefficient (Wildman–Crippen LogP) is 3.09. The first kappa shape index (κ1) is 20.7. The number of aliphatic hydroxyl groups is 2. The molecule has 1 saturated heterocycles. The summed E-state index contributed by atoms with van der Waals surface area (Å²) in [5, 5.41) is 20.6. The normalized spacial score (nSPS) is 24.1. The lowest BCUT2D eigenvalue weighted by Crippen LogP contribution is -2.39. The van der Waals surface area contributed by atoms with E-state index in [1.807, 2.05) is 91.0 Å². The van der Waals surface area contributed by atoms with Gasteiger partial charge in [0.1, 0.15) is 23.9 Å². The minimum Gasteiger partial charge on any atom is -0.387 e. The summed E-state index contributed by atoms with van der Waals surface area (Å²) in [5.41, 5.74) is 1.96. The molecule has 3 aromatic rings. The van der Waals surface area contributed by atoms with E-state index in [9.17, 15) is 10.2 Å². The van der Waals surface area contributed by atoms with Gasteiger partial charge in [-0.15, -0.1) is 0 Å². The monoisotopic (exact) mass is 406 g/mol. The van der Waals surface area contributed by atoms with Crippen molar-refractivity contribution in [2.75, 3.05) is 13.7 Å². The smallest absolute Gasteiger partial charge is 0.186 e. The molecule has 1 heterocycles. The topological polar surface area (TPSA) is 68.2 Å². The average Bonchev–Trinajstić information content (AvgIpc) is 3.09. The van der Waals surface area contributed by atoms with Gasteiger partial charge in [0.25, 0.3) is 0 Å². The SMILES string of the molecule is CO[C@@H]1O[C@H](COC(c2ccccc2)(c2ccccc2)c2ccccc2)[C@@H](O)[C@H]1O. The molecule has 156 valence electrons. The fourth-order valence-electron chi connectivity index (χ4n) is 4.02. The van der Waals surface area contributed by atoms with E-state index >= 15 is 0 Å². The van der Waals surface area contributed by atoms with E-state index in [1.54, 1.807) is 0 Å². The minimum absolute atomic E-state index is 0.0662. The van der Waals surface area contributed by atoms with Crippen molar-refractivity contribution in [3.63, 3.8) is 0 Å². The summed E-state index contributed by atoms with van der Waals surface area (Å²) >= 11 is 0. The van der Waals surface area contributed by atoms with Crippen molar-refractivity contribution in [1.29, 1.82) is 0 Å². The molecule has 0 unspecified atom stereocenters. The third-order valence-corrected chi connectivity index (χ3v) is 5.56. The van der Waals surface area contributed by atoms with Crippen LogP contribution in [0.15, 0.2) is 91.0 Å². The van der Waals surface area contributed by atoms with Crippen molar-refractivity contribution in [3.8, 4) is 0 Å². The summed E-state index contributed by atoms with van der Waals surface area (Å²) < 4.78 is 17.4. The first-order valence-corrected chi connectivity index (χ1v) is 10.0. The van der Waals surface area contributed by atoms with Crippen LogP contribution < -0.4 is 0 Å². The Hall–Kier alpha value is -2.54. The van der Waals surface area contributed by atoms with Crippen molar-refractivity contribution in [2.24, 2.45) is 0 Å². The number of hydrogen-bond acceptors (Lipinski definition) is 5. The molecule has 0 aliphatic carbocycles. The Morgan fingerprint density at radius 3 is 1.53 bits per heavy atom. The second-order valence-electron chi connectivity index (χ2n) is 7.35. The highest BCUT2D eigenvalue weighted by Gasteiger charge is 2.45. The fraction of sp³-hybridized carbons (Fsp3) is 0.280. The van der Waals surface area contributed by atoms with Crippen LogP contribution in [0.5, 0.6) is 0 Å². The Kier molecular flexibility index (Phi) is 6.27. The van der Waals surface area contributed by atoms with Gasteiger partial charge >= 0.3 is 0 Å². The lowest BCUT2D eigenvalue weighted by Gasteiger charge is -2.37. The highest BCUT2D eigenvalue weighted by Crippen LogP contribution is 2.41. The van der Waals surface area contributed by atoms with Crippen LogP contribution in [-0.4, -0.2) is 48.5 Å². The largest absolute Gasteiger partial charge is 0.387 e. The number of hydrogen-bond donors (Lipinski definition) is 2. The Bertz CT molecular complexity index is 819. The minimum atomic E-state index is -1.12. The van der Waals surface area contributed by atoms with Crippen LogP contribution in [0.4, 0.5) is 0 Å². The standard InChI is InChI=1S/C25H26O5/c1-28-24-23(27)22(26)21(30-24)17-29-25(18-11-5-2-6-12-18,19-13-7-3-8-14-19)20-15-9-4-10-16-20/h2-16,21-24,26-27H,17H2,1H3/t21-,22-,23-,24-/m1/s1. The number of rotatable bonds is 7. The molecule has 2 N–H and O–H groups in total. The third-order valence-electron chi connectivity index (χ3n) is 5.56. The van der Waals surface area contributed by atoms with Gasteiger partial charge < -0.3 is 24.4 Å². The molecule has 3 aromatic carbocycles. The Labute approximate surface area is 176 Å². The van der Waals surface area contributed by atoms with E-state index in [1.165, 1.54) is 7.11 Å². The Morgan fingerprint density at radius 2 is 1.17 bits per heavy atom. The first-order chi connectivity index (χ1) is 14.7. The summed E-state index contributed by atoms with van der Waals surface area (Å²) in [5.74, 6) is 0. The van der Waals surface area contributed by atoms with Gasteiger partial charge in [0.05, 0.1) is 6.61 Å². The molecule has 0 spiro atoms. The molecule has 0 bridgehead atoms. The van der Waals surface area contributed by atoms with Crippen molar-refractivity contribution < 1.29 is 24.4 Å². The van der Waals surface area contributed by atoms with Crippen LogP contribution in [0.25, 0.3) is 0 Å². The second-order valence-corrected chi connectivity index (χ2v) is 7.35. The van der Waals surface area contributed by atoms with Gasteiger partial charge in [-0.2, -0.15) is 0 Å². The maximum absolute atomic E-state index is 10.4. The van der Waals surface area contributed by atoms with Crippen LogP contribution in [0.2, 0.25) is 0 Å².